The second kappa shape index (κ2) is 17.4. The minimum absolute atomic E-state index is 0.582. The number of nitrogens with zero attached hydrogens (tertiary/aromatic N) is 1. The molecule has 41 heavy (non-hydrogen) atoms. The van der Waals surface area contributed by atoms with Crippen LogP contribution < -0.4 is 9.47 Å². The number of hydrogen-bond donors (Lipinski definition) is 0. The summed E-state index contributed by atoms with van der Waals surface area (Å²) in [5.74, 6) is 1.87. The van der Waals surface area contributed by atoms with E-state index in [4.69, 9.17) is 9.47 Å². The lowest BCUT2D eigenvalue weighted by Gasteiger charge is -2.13. The van der Waals surface area contributed by atoms with Gasteiger partial charge in [0, 0.05) is 17.9 Å². The van der Waals surface area contributed by atoms with E-state index in [2.05, 4.69) is 91.2 Å². The number of rotatable bonds is 19. The number of ether oxygens (including phenoxy) is 2. The first-order valence-electron chi connectivity index (χ1n) is 15.9. The maximum atomic E-state index is 6.02. The Bertz CT molecular complexity index is 1240. The first-order chi connectivity index (χ1) is 20.2. The second-order valence-electron chi connectivity index (χ2n) is 11.2. The number of hydrogen-bond acceptors (Lipinski definition) is 2. The molecule has 0 aliphatic carbocycles. The van der Waals surface area contributed by atoms with E-state index in [1.54, 1.807) is 0 Å². The molecule has 3 heteroatoms. The Morgan fingerprint density at radius 1 is 0.561 bits per heavy atom. The average Bonchev–Trinajstić information content (AvgIpc) is 3.39. The molecule has 0 fully saturated rings. The van der Waals surface area contributed by atoms with Crippen molar-refractivity contribution in [2.75, 3.05) is 6.61 Å². The maximum Gasteiger partial charge on any atom is 0.119 e. The molecular formula is C38H49NO2. The molecule has 0 amide bonds. The first-order valence-corrected chi connectivity index (χ1v) is 15.9. The van der Waals surface area contributed by atoms with Crippen LogP contribution >= 0.6 is 0 Å². The van der Waals surface area contributed by atoms with Crippen LogP contribution in [0, 0.1) is 6.92 Å². The van der Waals surface area contributed by atoms with Crippen LogP contribution in [-0.2, 0) is 19.6 Å². The zero-order valence-corrected chi connectivity index (χ0v) is 25.3. The number of aromatic nitrogens is 1. The average molecular weight is 552 g/mol. The molecule has 0 saturated carbocycles. The Morgan fingerprint density at radius 2 is 1.17 bits per heavy atom. The van der Waals surface area contributed by atoms with Gasteiger partial charge in [0.2, 0.25) is 0 Å². The highest BCUT2D eigenvalue weighted by molar-refractivity contribution is 5.62. The van der Waals surface area contributed by atoms with Gasteiger partial charge in [-0.1, -0.05) is 107 Å². The predicted octanol–water partition coefficient (Wildman–Crippen LogP) is 10.6. The van der Waals surface area contributed by atoms with Crippen LogP contribution in [0.25, 0.3) is 11.3 Å². The topological polar surface area (TPSA) is 23.4 Å². The summed E-state index contributed by atoms with van der Waals surface area (Å²) in [5.41, 5.74) is 6.24. The van der Waals surface area contributed by atoms with Crippen molar-refractivity contribution < 1.29 is 9.47 Å². The third kappa shape index (κ3) is 10.5. The molecule has 0 N–H and O–H groups in total. The van der Waals surface area contributed by atoms with Gasteiger partial charge in [-0.05, 0) is 85.0 Å². The van der Waals surface area contributed by atoms with E-state index in [1.165, 1.54) is 85.9 Å². The lowest BCUT2D eigenvalue weighted by Crippen LogP contribution is -2.05. The zero-order valence-electron chi connectivity index (χ0n) is 25.3. The summed E-state index contributed by atoms with van der Waals surface area (Å²) in [6.45, 7) is 6.81. The van der Waals surface area contributed by atoms with Gasteiger partial charge >= 0.3 is 0 Å². The summed E-state index contributed by atoms with van der Waals surface area (Å²) in [4.78, 5) is 0. The van der Waals surface area contributed by atoms with Crippen molar-refractivity contribution >= 4 is 0 Å². The van der Waals surface area contributed by atoms with Crippen molar-refractivity contribution in [1.29, 1.82) is 0 Å². The lowest BCUT2D eigenvalue weighted by molar-refractivity contribution is 0.304. The van der Waals surface area contributed by atoms with Gasteiger partial charge in [0.15, 0.2) is 0 Å². The van der Waals surface area contributed by atoms with Crippen LogP contribution in [0.2, 0.25) is 0 Å². The van der Waals surface area contributed by atoms with E-state index in [1.807, 2.05) is 18.2 Å². The summed E-state index contributed by atoms with van der Waals surface area (Å²) in [6, 6.07) is 31.9. The van der Waals surface area contributed by atoms with Crippen molar-refractivity contribution in [3.63, 3.8) is 0 Å². The Kier molecular flexibility index (Phi) is 12.9. The standard InChI is InChI=1S/C38H49NO2/c1-3-4-5-6-7-8-9-10-11-15-30-40-36-23-19-33(20-24-36)28-29-39-32(2)18-27-38(39)35-21-25-37(26-22-35)41-31-34-16-13-12-14-17-34/h12-14,16-27H,3-11,15,28-31H2,1-2H3. The summed E-state index contributed by atoms with van der Waals surface area (Å²) >= 11 is 0. The van der Waals surface area contributed by atoms with Crippen LogP contribution in [0.3, 0.4) is 0 Å². The molecule has 4 rings (SSSR count). The van der Waals surface area contributed by atoms with Crippen LogP contribution in [0.4, 0.5) is 0 Å². The highest BCUT2D eigenvalue weighted by Crippen LogP contribution is 2.26. The van der Waals surface area contributed by atoms with E-state index in [0.29, 0.717) is 6.61 Å². The van der Waals surface area contributed by atoms with Gasteiger partial charge in [-0.15, -0.1) is 0 Å². The minimum Gasteiger partial charge on any atom is -0.494 e. The second-order valence-corrected chi connectivity index (χ2v) is 11.2. The fraction of sp³-hybridized carbons (Fsp3) is 0.421. The van der Waals surface area contributed by atoms with Gasteiger partial charge in [0.1, 0.15) is 18.1 Å². The summed E-state index contributed by atoms with van der Waals surface area (Å²) in [6.07, 6.45) is 14.5. The molecule has 3 nitrogen and oxygen atoms in total. The molecule has 3 aromatic carbocycles. The van der Waals surface area contributed by atoms with Crippen molar-refractivity contribution in [3.05, 3.63) is 108 Å². The van der Waals surface area contributed by atoms with E-state index in [9.17, 15) is 0 Å². The Morgan fingerprint density at radius 3 is 1.85 bits per heavy atom. The molecule has 0 bridgehead atoms. The van der Waals surface area contributed by atoms with Crippen LogP contribution in [0.5, 0.6) is 11.5 Å². The van der Waals surface area contributed by atoms with Crippen LogP contribution in [-0.4, -0.2) is 11.2 Å². The van der Waals surface area contributed by atoms with E-state index < -0.39 is 0 Å². The number of aryl methyl sites for hydroxylation is 2. The largest absolute Gasteiger partial charge is 0.494 e. The summed E-state index contributed by atoms with van der Waals surface area (Å²) in [5, 5.41) is 0. The highest BCUT2D eigenvalue weighted by atomic mass is 16.5. The minimum atomic E-state index is 0.582. The fourth-order valence-corrected chi connectivity index (χ4v) is 5.35. The van der Waals surface area contributed by atoms with Gasteiger partial charge in [-0.25, -0.2) is 0 Å². The van der Waals surface area contributed by atoms with E-state index in [-0.39, 0.29) is 0 Å². The number of unbranched alkanes of at least 4 members (excludes halogenated alkanes) is 9. The normalized spacial score (nSPS) is 11.1. The first kappa shape index (κ1) is 30.5. The molecular weight excluding hydrogens is 502 g/mol. The maximum absolute atomic E-state index is 6.02. The lowest BCUT2D eigenvalue weighted by atomic mass is 10.1. The Balaban J connectivity index is 1.17. The van der Waals surface area contributed by atoms with Crippen LogP contribution in [0.15, 0.2) is 91.0 Å². The molecule has 0 saturated heterocycles. The highest BCUT2D eigenvalue weighted by Gasteiger charge is 2.09. The summed E-state index contributed by atoms with van der Waals surface area (Å²) in [7, 11) is 0. The molecule has 0 aliphatic rings. The van der Waals surface area contributed by atoms with Gasteiger partial charge in [-0.2, -0.15) is 0 Å². The van der Waals surface area contributed by atoms with Gasteiger partial charge in [0.25, 0.3) is 0 Å². The molecule has 0 aliphatic heterocycles. The van der Waals surface area contributed by atoms with Crippen LogP contribution in [0.1, 0.15) is 88.0 Å². The molecule has 4 aromatic rings. The third-order valence-corrected chi connectivity index (χ3v) is 7.91. The molecule has 1 aromatic heterocycles. The fourth-order valence-electron chi connectivity index (χ4n) is 5.35. The Labute approximate surface area is 248 Å². The molecule has 218 valence electrons. The molecule has 0 atom stereocenters. The predicted molar refractivity (Wildman–Crippen MR) is 173 cm³/mol. The molecule has 1 heterocycles. The van der Waals surface area contributed by atoms with Gasteiger partial charge < -0.3 is 14.0 Å². The summed E-state index contributed by atoms with van der Waals surface area (Å²) < 4.78 is 14.4. The third-order valence-electron chi connectivity index (χ3n) is 7.91. The van der Waals surface area contributed by atoms with E-state index >= 15 is 0 Å². The SMILES string of the molecule is CCCCCCCCCCCCOc1ccc(CCn2c(C)ccc2-c2ccc(OCc3ccccc3)cc2)cc1. The number of benzene rings is 3. The van der Waals surface area contributed by atoms with Crippen molar-refractivity contribution in [2.24, 2.45) is 0 Å². The van der Waals surface area contributed by atoms with Gasteiger partial charge in [0.05, 0.1) is 6.61 Å². The van der Waals surface area contributed by atoms with Crippen molar-refractivity contribution in [2.45, 2.75) is 97.6 Å². The molecule has 0 radical (unpaired) electrons. The molecule has 0 spiro atoms. The quantitative estimate of drug-likeness (QED) is 0.108. The smallest absolute Gasteiger partial charge is 0.119 e. The van der Waals surface area contributed by atoms with Gasteiger partial charge in [-0.3, -0.25) is 0 Å². The zero-order chi connectivity index (χ0) is 28.5. The van der Waals surface area contributed by atoms with E-state index in [0.717, 1.165) is 37.5 Å². The molecule has 0 unspecified atom stereocenters. The van der Waals surface area contributed by atoms with Crippen molar-refractivity contribution in [3.8, 4) is 22.8 Å². The monoisotopic (exact) mass is 551 g/mol. The van der Waals surface area contributed by atoms with Crippen molar-refractivity contribution in [1.82, 2.24) is 4.57 Å². The Hall–Kier alpha value is -3.46.